The van der Waals surface area contributed by atoms with Gasteiger partial charge in [-0.2, -0.15) is 9.99 Å². The summed E-state index contributed by atoms with van der Waals surface area (Å²) in [6.45, 7) is 0. The molecule has 0 aliphatic rings. The first-order valence-electron chi connectivity index (χ1n) is 6.04. The maximum Gasteiger partial charge on any atom is 0.150 e. The summed E-state index contributed by atoms with van der Waals surface area (Å²) in [7, 11) is 0. The summed E-state index contributed by atoms with van der Waals surface area (Å²) in [4.78, 5) is 10.7. The molecular formula is C16H10N2O2. The highest BCUT2D eigenvalue weighted by Crippen LogP contribution is 2.32. The van der Waals surface area contributed by atoms with Gasteiger partial charge in [-0.1, -0.05) is 42.5 Å². The Balaban J connectivity index is 2.32. The molecule has 1 aromatic heterocycles. The molecule has 96 valence electrons. The van der Waals surface area contributed by atoms with Gasteiger partial charge >= 0.3 is 0 Å². The number of aromatic nitrogens is 1. The lowest BCUT2D eigenvalue weighted by Crippen LogP contribution is -1.94. The van der Waals surface area contributed by atoms with Crippen molar-refractivity contribution in [3.8, 4) is 17.3 Å². The Bertz CT molecular complexity index is 839. The van der Waals surface area contributed by atoms with E-state index in [1.165, 1.54) is 0 Å². The third kappa shape index (κ3) is 1.65. The van der Waals surface area contributed by atoms with E-state index in [2.05, 4.69) is 6.07 Å². The van der Waals surface area contributed by atoms with Crippen molar-refractivity contribution in [3.63, 3.8) is 0 Å². The summed E-state index contributed by atoms with van der Waals surface area (Å²) in [6, 6.07) is 16.0. The Labute approximate surface area is 115 Å². The van der Waals surface area contributed by atoms with E-state index in [-0.39, 0.29) is 0 Å². The second kappa shape index (κ2) is 4.56. The summed E-state index contributed by atoms with van der Waals surface area (Å²) in [5, 5.41) is 20.3. The van der Waals surface area contributed by atoms with Gasteiger partial charge < -0.3 is 5.21 Å². The zero-order valence-electron chi connectivity index (χ0n) is 10.4. The van der Waals surface area contributed by atoms with Crippen molar-refractivity contribution < 1.29 is 10.0 Å². The molecule has 1 heterocycles. The maximum atomic E-state index is 10.7. The molecule has 3 rings (SSSR count). The van der Waals surface area contributed by atoms with Gasteiger partial charge in [0.05, 0.1) is 11.1 Å². The SMILES string of the molecule is N#Cc1c(-c2ccc(C=O)cc2)n(O)c2ccccc12. The fourth-order valence-electron chi connectivity index (χ4n) is 2.32. The van der Waals surface area contributed by atoms with Crippen LogP contribution < -0.4 is 0 Å². The Morgan fingerprint density at radius 2 is 1.80 bits per heavy atom. The van der Waals surface area contributed by atoms with Crippen LogP contribution >= 0.6 is 0 Å². The molecular weight excluding hydrogens is 252 g/mol. The number of hydrogen-bond donors (Lipinski definition) is 1. The fourth-order valence-corrected chi connectivity index (χ4v) is 2.32. The van der Waals surface area contributed by atoms with Crippen LogP contribution in [-0.2, 0) is 0 Å². The minimum absolute atomic E-state index is 0.418. The molecule has 0 unspecified atom stereocenters. The molecule has 0 aliphatic carbocycles. The second-order valence-corrected chi connectivity index (χ2v) is 4.40. The molecule has 0 saturated heterocycles. The van der Waals surface area contributed by atoms with E-state index in [9.17, 15) is 15.3 Å². The van der Waals surface area contributed by atoms with Crippen molar-refractivity contribution in [2.24, 2.45) is 0 Å². The molecule has 0 saturated carbocycles. The van der Waals surface area contributed by atoms with E-state index in [0.717, 1.165) is 11.0 Å². The normalized spacial score (nSPS) is 10.3. The number of nitriles is 1. The number of fused-ring (bicyclic) bond motifs is 1. The van der Waals surface area contributed by atoms with Crippen LogP contribution in [-0.4, -0.2) is 16.2 Å². The van der Waals surface area contributed by atoms with Crippen LogP contribution in [0.2, 0.25) is 0 Å². The number of hydrogen-bond acceptors (Lipinski definition) is 3. The first-order valence-corrected chi connectivity index (χ1v) is 6.04. The molecule has 3 aromatic rings. The number of aldehydes is 1. The highest BCUT2D eigenvalue weighted by Gasteiger charge is 2.17. The van der Waals surface area contributed by atoms with Crippen LogP contribution in [0.5, 0.6) is 0 Å². The van der Waals surface area contributed by atoms with Crippen LogP contribution in [0.4, 0.5) is 0 Å². The number of benzene rings is 2. The van der Waals surface area contributed by atoms with E-state index in [1.54, 1.807) is 42.5 Å². The Morgan fingerprint density at radius 1 is 1.10 bits per heavy atom. The standard InChI is InChI=1S/C16H10N2O2/c17-9-14-13-3-1-2-4-15(13)18(20)16(14)12-7-5-11(10-19)6-8-12/h1-8,10,20H. The van der Waals surface area contributed by atoms with Crippen molar-refractivity contribution in [2.45, 2.75) is 0 Å². The lowest BCUT2D eigenvalue weighted by atomic mass is 10.0. The summed E-state index contributed by atoms with van der Waals surface area (Å²) in [5.41, 5.74) is 2.67. The Kier molecular flexibility index (Phi) is 2.73. The molecule has 2 aromatic carbocycles. The first kappa shape index (κ1) is 12.0. The molecule has 0 fully saturated rings. The van der Waals surface area contributed by atoms with Crippen molar-refractivity contribution in [2.75, 3.05) is 0 Å². The first-order chi connectivity index (χ1) is 9.76. The van der Waals surface area contributed by atoms with Crippen LogP contribution in [0.1, 0.15) is 15.9 Å². The van der Waals surface area contributed by atoms with E-state index in [1.807, 2.05) is 6.07 Å². The van der Waals surface area contributed by atoms with Crippen molar-refractivity contribution in [1.29, 1.82) is 5.26 Å². The van der Waals surface area contributed by atoms with Gasteiger partial charge in [-0.15, -0.1) is 0 Å². The van der Waals surface area contributed by atoms with Gasteiger partial charge in [0.1, 0.15) is 18.0 Å². The second-order valence-electron chi connectivity index (χ2n) is 4.40. The summed E-state index contributed by atoms with van der Waals surface area (Å²) < 4.78 is 1.02. The minimum Gasteiger partial charge on any atom is -0.428 e. The molecule has 0 radical (unpaired) electrons. The average Bonchev–Trinajstić information content (AvgIpc) is 2.80. The zero-order valence-corrected chi connectivity index (χ0v) is 10.4. The number of carbonyl (C=O) groups is 1. The van der Waals surface area contributed by atoms with E-state index in [0.29, 0.717) is 33.3 Å². The summed E-state index contributed by atoms with van der Waals surface area (Å²) >= 11 is 0. The van der Waals surface area contributed by atoms with Gasteiger partial charge in [0.25, 0.3) is 0 Å². The monoisotopic (exact) mass is 262 g/mol. The van der Waals surface area contributed by atoms with Gasteiger partial charge in [-0.05, 0) is 6.07 Å². The lowest BCUT2D eigenvalue weighted by Gasteiger charge is -2.03. The summed E-state index contributed by atoms with van der Waals surface area (Å²) in [5.74, 6) is 0. The number of carbonyl (C=O) groups excluding carboxylic acids is 1. The minimum atomic E-state index is 0.418. The molecule has 0 bridgehead atoms. The molecule has 0 atom stereocenters. The Hall–Kier alpha value is -3.06. The van der Waals surface area contributed by atoms with Gasteiger partial charge in [-0.3, -0.25) is 4.79 Å². The molecule has 4 heteroatoms. The summed E-state index contributed by atoms with van der Waals surface area (Å²) in [6.07, 6.45) is 0.753. The maximum absolute atomic E-state index is 10.7. The van der Waals surface area contributed by atoms with E-state index >= 15 is 0 Å². The van der Waals surface area contributed by atoms with Gasteiger partial charge in [0.15, 0.2) is 0 Å². The largest absolute Gasteiger partial charge is 0.428 e. The molecule has 0 amide bonds. The predicted octanol–water partition coefficient (Wildman–Crippen LogP) is 3.23. The van der Waals surface area contributed by atoms with Gasteiger partial charge in [0, 0.05) is 16.5 Å². The third-order valence-electron chi connectivity index (χ3n) is 3.28. The lowest BCUT2D eigenvalue weighted by molar-refractivity contribution is 0.112. The van der Waals surface area contributed by atoms with Crippen LogP contribution in [0.3, 0.4) is 0 Å². The quantitative estimate of drug-likeness (QED) is 0.569. The van der Waals surface area contributed by atoms with Crippen LogP contribution in [0.25, 0.3) is 22.2 Å². The van der Waals surface area contributed by atoms with Crippen molar-refractivity contribution in [1.82, 2.24) is 4.73 Å². The Morgan fingerprint density at radius 3 is 2.45 bits per heavy atom. The molecule has 20 heavy (non-hydrogen) atoms. The number of para-hydroxylation sites is 1. The van der Waals surface area contributed by atoms with Gasteiger partial charge in [-0.25, -0.2) is 0 Å². The fraction of sp³-hybridized carbons (Fsp3) is 0. The van der Waals surface area contributed by atoms with E-state index < -0.39 is 0 Å². The smallest absolute Gasteiger partial charge is 0.150 e. The molecule has 0 spiro atoms. The third-order valence-corrected chi connectivity index (χ3v) is 3.28. The zero-order chi connectivity index (χ0) is 14.1. The van der Waals surface area contributed by atoms with Crippen molar-refractivity contribution >= 4 is 17.2 Å². The molecule has 1 N–H and O–H groups in total. The molecule has 0 aliphatic heterocycles. The predicted molar refractivity (Wildman–Crippen MR) is 74.7 cm³/mol. The highest BCUT2D eigenvalue weighted by atomic mass is 16.5. The molecule has 4 nitrogen and oxygen atoms in total. The van der Waals surface area contributed by atoms with Crippen LogP contribution in [0.15, 0.2) is 48.5 Å². The van der Waals surface area contributed by atoms with Crippen LogP contribution in [0, 0.1) is 11.3 Å². The van der Waals surface area contributed by atoms with E-state index in [4.69, 9.17) is 0 Å². The topological polar surface area (TPSA) is 66.0 Å². The van der Waals surface area contributed by atoms with Gasteiger partial charge in [0.2, 0.25) is 0 Å². The highest BCUT2D eigenvalue weighted by molar-refractivity contribution is 5.94. The number of nitrogens with zero attached hydrogens (tertiary/aromatic N) is 2. The average molecular weight is 262 g/mol. The van der Waals surface area contributed by atoms with Crippen molar-refractivity contribution in [3.05, 3.63) is 59.7 Å². The number of rotatable bonds is 2.